The van der Waals surface area contributed by atoms with Gasteiger partial charge in [0.15, 0.2) is 5.13 Å². The van der Waals surface area contributed by atoms with Gasteiger partial charge in [-0.25, -0.2) is 13.4 Å². The second-order valence-corrected chi connectivity index (χ2v) is 6.37. The molecule has 0 bridgehead atoms. The zero-order chi connectivity index (χ0) is 14.0. The average Bonchev–Trinajstić information content (AvgIpc) is 2.87. The highest BCUT2D eigenvalue weighted by atomic mass is 32.2. The van der Waals surface area contributed by atoms with Crippen LogP contribution in [0.3, 0.4) is 0 Å². The molecule has 7 nitrogen and oxygen atoms in total. The van der Waals surface area contributed by atoms with Crippen molar-refractivity contribution in [3.63, 3.8) is 0 Å². The van der Waals surface area contributed by atoms with E-state index in [0.29, 0.717) is 5.69 Å². The van der Waals surface area contributed by atoms with Crippen molar-refractivity contribution >= 4 is 32.5 Å². The van der Waals surface area contributed by atoms with Gasteiger partial charge in [-0.05, 0) is 6.07 Å². The van der Waals surface area contributed by atoms with Gasteiger partial charge >= 0.3 is 5.97 Å². The Bertz CT molecular complexity index is 702. The number of sulfonamides is 1. The minimum atomic E-state index is -3.68. The molecule has 102 valence electrons. The molecular weight excluding hydrogens is 290 g/mol. The van der Waals surface area contributed by atoms with E-state index in [-0.39, 0.29) is 16.4 Å². The first-order valence-corrected chi connectivity index (χ1v) is 7.54. The van der Waals surface area contributed by atoms with Crippen molar-refractivity contribution in [2.75, 3.05) is 4.72 Å². The Hall–Kier alpha value is -1.87. The second-order valence-electron chi connectivity index (χ2n) is 3.83. The van der Waals surface area contributed by atoms with Crippen LogP contribution in [0.15, 0.2) is 28.7 Å². The molecule has 19 heavy (non-hydrogen) atoms. The van der Waals surface area contributed by atoms with Crippen molar-refractivity contribution in [3.8, 4) is 0 Å². The first kappa shape index (κ1) is 13.6. The van der Waals surface area contributed by atoms with Crippen LogP contribution in [0.5, 0.6) is 0 Å². The number of aryl methyl sites for hydroxylation is 1. The fourth-order valence-electron chi connectivity index (χ4n) is 1.40. The number of nitrogens with zero attached hydrogens (tertiary/aromatic N) is 2. The zero-order valence-electron chi connectivity index (χ0n) is 9.90. The van der Waals surface area contributed by atoms with E-state index in [1.807, 2.05) is 0 Å². The molecule has 2 N–H and O–H groups in total. The molecule has 0 atom stereocenters. The molecule has 9 heteroatoms. The lowest BCUT2D eigenvalue weighted by atomic mass is 10.3. The normalized spacial score (nSPS) is 11.4. The minimum absolute atomic E-state index is 0.130. The summed E-state index contributed by atoms with van der Waals surface area (Å²) < 4.78 is 27.9. The standard InChI is InChI=1S/C10H11N3O4S2/c1-13-3-2-8(5-13)19(16,17)12-10-11-7(6-18-10)4-9(14)15/h2-3,5-6H,4H2,1H3,(H,11,12)(H,14,15). The van der Waals surface area contributed by atoms with Gasteiger partial charge in [-0.15, -0.1) is 11.3 Å². The Morgan fingerprint density at radius 1 is 1.58 bits per heavy atom. The minimum Gasteiger partial charge on any atom is -0.481 e. The molecule has 0 aromatic carbocycles. The highest BCUT2D eigenvalue weighted by Crippen LogP contribution is 2.20. The molecular formula is C10H11N3O4S2. The van der Waals surface area contributed by atoms with E-state index in [9.17, 15) is 13.2 Å². The van der Waals surface area contributed by atoms with Crippen LogP contribution < -0.4 is 4.72 Å². The van der Waals surface area contributed by atoms with Crippen LogP contribution in [0.4, 0.5) is 5.13 Å². The van der Waals surface area contributed by atoms with Gasteiger partial charge in [0.05, 0.1) is 12.1 Å². The van der Waals surface area contributed by atoms with Crippen LogP contribution in [0.1, 0.15) is 5.69 Å². The molecule has 0 aliphatic heterocycles. The summed E-state index contributed by atoms with van der Waals surface area (Å²) in [4.78, 5) is 14.5. The molecule has 2 aromatic rings. The molecule has 0 amide bonds. The van der Waals surface area contributed by atoms with Gasteiger partial charge in [0, 0.05) is 24.8 Å². The van der Waals surface area contributed by atoms with Crippen LogP contribution in [-0.2, 0) is 28.3 Å². The molecule has 0 aliphatic rings. The number of hydrogen-bond acceptors (Lipinski definition) is 5. The van der Waals surface area contributed by atoms with Gasteiger partial charge in [-0.1, -0.05) is 0 Å². The third-order valence-corrected chi connectivity index (χ3v) is 4.48. The predicted molar refractivity (Wildman–Crippen MR) is 69.7 cm³/mol. The topological polar surface area (TPSA) is 101 Å². The van der Waals surface area contributed by atoms with Crippen molar-refractivity contribution in [3.05, 3.63) is 29.5 Å². The molecule has 0 aliphatic carbocycles. The molecule has 2 rings (SSSR count). The third-order valence-electron chi connectivity index (χ3n) is 2.22. The summed E-state index contributed by atoms with van der Waals surface area (Å²) in [6.07, 6.45) is 2.85. The lowest BCUT2D eigenvalue weighted by molar-refractivity contribution is -0.136. The molecule has 0 saturated carbocycles. The molecule has 2 aromatic heterocycles. The summed E-state index contributed by atoms with van der Waals surface area (Å²) in [5, 5.41) is 10.3. The van der Waals surface area contributed by atoms with E-state index in [1.54, 1.807) is 17.8 Å². The molecule has 2 heterocycles. The summed E-state index contributed by atoms with van der Waals surface area (Å²) in [5.74, 6) is -1.01. The monoisotopic (exact) mass is 301 g/mol. The van der Waals surface area contributed by atoms with E-state index >= 15 is 0 Å². The summed E-state index contributed by atoms with van der Waals surface area (Å²) >= 11 is 1.05. The largest absolute Gasteiger partial charge is 0.481 e. The van der Waals surface area contributed by atoms with E-state index in [0.717, 1.165) is 11.3 Å². The van der Waals surface area contributed by atoms with E-state index in [1.165, 1.54) is 17.6 Å². The van der Waals surface area contributed by atoms with E-state index in [2.05, 4.69) is 9.71 Å². The highest BCUT2D eigenvalue weighted by molar-refractivity contribution is 7.93. The van der Waals surface area contributed by atoms with Crippen LogP contribution in [0.25, 0.3) is 0 Å². The summed E-state index contributed by atoms with van der Waals surface area (Å²) in [7, 11) is -1.96. The average molecular weight is 301 g/mol. The number of aliphatic carboxylic acids is 1. The zero-order valence-corrected chi connectivity index (χ0v) is 11.5. The number of anilines is 1. The smallest absolute Gasteiger partial charge is 0.309 e. The number of carboxylic acid groups (broad SMARTS) is 1. The number of carboxylic acids is 1. The first-order valence-electron chi connectivity index (χ1n) is 5.18. The lowest BCUT2D eigenvalue weighted by Gasteiger charge is -2.01. The van der Waals surface area contributed by atoms with Gasteiger partial charge in [-0.3, -0.25) is 9.52 Å². The van der Waals surface area contributed by atoms with Crippen molar-refractivity contribution in [2.24, 2.45) is 7.05 Å². The molecule has 0 unspecified atom stereocenters. The number of hydrogen-bond donors (Lipinski definition) is 2. The third kappa shape index (κ3) is 3.32. The van der Waals surface area contributed by atoms with Crippen LogP contribution in [0, 0.1) is 0 Å². The predicted octanol–water partition coefficient (Wildman–Crippen LogP) is 0.909. The quantitative estimate of drug-likeness (QED) is 0.854. The van der Waals surface area contributed by atoms with Gasteiger partial charge in [0.25, 0.3) is 10.0 Å². The maximum atomic E-state index is 12.0. The van der Waals surface area contributed by atoms with Crippen molar-refractivity contribution in [1.29, 1.82) is 0 Å². The van der Waals surface area contributed by atoms with Crippen molar-refractivity contribution < 1.29 is 18.3 Å². The van der Waals surface area contributed by atoms with Crippen molar-refractivity contribution in [2.45, 2.75) is 11.3 Å². The number of rotatable bonds is 5. The molecule has 0 radical (unpaired) electrons. The van der Waals surface area contributed by atoms with Gasteiger partial charge in [-0.2, -0.15) is 0 Å². The Morgan fingerprint density at radius 3 is 2.89 bits per heavy atom. The molecule has 0 fully saturated rings. The van der Waals surface area contributed by atoms with E-state index in [4.69, 9.17) is 5.11 Å². The van der Waals surface area contributed by atoms with Gasteiger partial charge < -0.3 is 9.67 Å². The van der Waals surface area contributed by atoms with Gasteiger partial charge in [0.2, 0.25) is 0 Å². The Morgan fingerprint density at radius 2 is 2.32 bits per heavy atom. The van der Waals surface area contributed by atoms with Crippen LogP contribution in [-0.4, -0.2) is 29.0 Å². The molecule has 0 saturated heterocycles. The first-order chi connectivity index (χ1) is 8.87. The number of aromatic nitrogens is 2. The van der Waals surface area contributed by atoms with Crippen LogP contribution >= 0.6 is 11.3 Å². The molecule has 0 spiro atoms. The Labute approximate surface area is 113 Å². The number of thiazole rings is 1. The fraction of sp³-hybridized carbons (Fsp3) is 0.200. The number of carbonyl (C=O) groups is 1. The van der Waals surface area contributed by atoms with E-state index < -0.39 is 16.0 Å². The Kier molecular flexibility index (Phi) is 3.58. The van der Waals surface area contributed by atoms with Crippen LogP contribution in [0.2, 0.25) is 0 Å². The maximum Gasteiger partial charge on any atom is 0.309 e. The van der Waals surface area contributed by atoms with Gasteiger partial charge in [0.1, 0.15) is 4.90 Å². The van der Waals surface area contributed by atoms with Crippen molar-refractivity contribution in [1.82, 2.24) is 9.55 Å². The lowest BCUT2D eigenvalue weighted by Crippen LogP contribution is -2.12. The highest BCUT2D eigenvalue weighted by Gasteiger charge is 2.17. The SMILES string of the molecule is Cn1ccc(S(=O)(=O)Nc2nc(CC(=O)O)cs2)c1. The summed E-state index contributed by atoms with van der Waals surface area (Å²) in [5.41, 5.74) is 0.322. The maximum absolute atomic E-state index is 12.0. The fourth-order valence-corrected chi connectivity index (χ4v) is 3.41. The summed E-state index contributed by atoms with van der Waals surface area (Å²) in [6.45, 7) is 0. The summed E-state index contributed by atoms with van der Waals surface area (Å²) in [6, 6.07) is 1.47. The Balaban J connectivity index is 2.16. The second kappa shape index (κ2) is 5.02. The number of nitrogens with one attached hydrogen (secondary N) is 1.